The maximum Gasteiger partial charge on any atom is 0.124 e. The maximum atomic E-state index is 4.72. The molecule has 1 aromatic heterocycles. The first-order valence-electron chi connectivity index (χ1n) is 5.70. The molecule has 0 aliphatic heterocycles. The number of benzene rings is 2. The molecule has 0 saturated carbocycles. The number of thiazole rings is 1. The molecule has 0 spiro atoms. The molecule has 2 aromatic carbocycles. The average Bonchev–Trinajstić information content (AvgIpc) is 2.89. The molecule has 0 radical (unpaired) electrons. The van der Waals surface area contributed by atoms with Crippen molar-refractivity contribution in [3.63, 3.8) is 0 Å². The number of hydrogen-bond donors (Lipinski definition) is 0. The molecule has 94 valence electrons. The third kappa shape index (κ3) is 3.07. The van der Waals surface area contributed by atoms with Gasteiger partial charge in [-0.25, -0.2) is 4.98 Å². The molecule has 3 aromatic rings. The molecule has 0 bridgehead atoms. The lowest BCUT2D eigenvalue weighted by Crippen LogP contribution is -1.80. The third-order valence-corrected chi connectivity index (χ3v) is 4.82. The minimum absolute atomic E-state index is 1.04. The van der Waals surface area contributed by atoms with Crippen LogP contribution in [0.3, 0.4) is 0 Å². The normalized spacial score (nSPS) is 10.6. The minimum atomic E-state index is 1.04. The van der Waals surface area contributed by atoms with Gasteiger partial charge in [0.15, 0.2) is 0 Å². The van der Waals surface area contributed by atoms with Gasteiger partial charge in [0.1, 0.15) is 5.01 Å². The van der Waals surface area contributed by atoms with Gasteiger partial charge >= 0.3 is 0 Å². The van der Waals surface area contributed by atoms with E-state index in [0.717, 1.165) is 26.3 Å². The summed E-state index contributed by atoms with van der Waals surface area (Å²) in [4.78, 5) is 4.72. The van der Waals surface area contributed by atoms with Crippen molar-refractivity contribution in [3.05, 3.63) is 62.0 Å². The predicted molar refractivity (Wildman–Crippen MR) is 93.4 cm³/mol. The first-order chi connectivity index (χ1) is 9.22. The van der Waals surface area contributed by atoms with Gasteiger partial charge in [0, 0.05) is 24.5 Å². The van der Waals surface area contributed by atoms with E-state index < -0.39 is 0 Å². The van der Waals surface area contributed by atoms with Gasteiger partial charge in [-0.3, -0.25) is 0 Å². The van der Waals surface area contributed by atoms with Gasteiger partial charge in [0.05, 0.1) is 5.69 Å². The molecule has 0 saturated heterocycles. The van der Waals surface area contributed by atoms with Crippen molar-refractivity contribution in [2.45, 2.75) is 0 Å². The van der Waals surface area contributed by atoms with Crippen LogP contribution in [-0.2, 0) is 0 Å². The molecule has 4 heteroatoms. The van der Waals surface area contributed by atoms with Crippen molar-refractivity contribution < 1.29 is 0 Å². The number of nitrogens with zero attached hydrogens (tertiary/aromatic N) is 1. The first-order valence-corrected chi connectivity index (χ1v) is 8.45. The molecule has 0 unspecified atom stereocenters. The number of aromatic nitrogens is 1. The predicted octanol–water partition coefficient (Wildman–Crippen LogP) is 5.84. The van der Waals surface area contributed by atoms with Gasteiger partial charge in [-0.15, -0.1) is 11.3 Å². The fourth-order valence-corrected chi connectivity index (χ4v) is 3.37. The van der Waals surface area contributed by atoms with Crippen molar-refractivity contribution in [3.8, 4) is 21.8 Å². The maximum absolute atomic E-state index is 4.72. The summed E-state index contributed by atoms with van der Waals surface area (Å²) in [6, 6.07) is 16.7. The second kappa shape index (κ2) is 5.73. The molecule has 1 nitrogen and oxygen atoms in total. The summed E-state index contributed by atoms with van der Waals surface area (Å²) in [5, 5.41) is 3.16. The lowest BCUT2D eigenvalue weighted by atomic mass is 10.2. The van der Waals surface area contributed by atoms with Crippen LogP contribution < -0.4 is 0 Å². The van der Waals surface area contributed by atoms with E-state index >= 15 is 0 Å². The van der Waals surface area contributed by atoms with Crippen molar-refractivity contribution in [2.75, 3.05) is 0 Å². The van der Waals surface area contributed by atoms with Gasteiger partial charge in [-0.2, -0.15) is 0 Å². The van der Waals surface area contributed by atoms with E-state index in [1.54, 1.807) is 11.3 Å². The van der Waals surface area contributed by atoms with Crippen LogP contribution in [0.5, 0.6) is 0 Å². The molecule has 19 heavy (non-hydrogen) atoms. The molecule has 0 atom stereocenters. The summed E-state index contributed by atoms with van der Waals surface area (Å²) in [5.41, 5.74) is 3.35. The fourth-order valence-electron chi connectivity index (χ4n) is 1.78. The van der Waals surface area contributed by atoms with Crippen LogP contribution in [0.25, 0.3) is 21.8 Å². The smallest absolute Gasteiger partial charge is 0.124 e. The highest BCUT2D eigenvalue weighted by molar-refractivity contribution is 14.1. The molecule has 0 fully saturated rings. The molecule has 0 aliphatic carbocycles. The van der Waals surface area contributed by atoms with E-state index in [1.807, 2.05) is 12.1 Å². The van der Waals surface area contributed by atoms with E-state index in [9.17, 15) is 0 Å². The summed E-state index contributed by atoms with van der Waals surface area (Å²) in [7, 11) is 0. The second-order valence-electron chi connectivity index (χ2n) is 4.06. The molecule has 0 N–H and O–H groups in total. The molecule has 0 amide bonds. The van der Waals surface area contributed by atoms with Crippen molar-refractivity contribution >= 4 is 49.9 Å². The Hall–Kier alpha value is -0.720. The molecule has 0 aliphatic rings. The Morgan fingerprint density at radius 3 is 2.53 bits per heavy atom. The zero-order valence-electron chi connectivity index (χ0n) is 9.81. The zero-order chi connectivity index (χ0) is 13.2. The van der Waals surface area contributed by atoms with Crippen LogP contribution >= 0.6 is 49.9 Å². The van der Waals surface area contributed by atoms with Crippen LogP contribution in [0.4, 0.5) is 0 Å². The van der Waals surface area contributed by atoms with Crippen LogP contribution in [0.15, 0.2) is 58.4 Å². The summed E-state index contributed by atoms with van der Waals surface area (Å²) in [5.74, 6) is 0. The Bertz CT molecular complexity index is 706. The van der Waals surface area contributed by atoms with Crippen molar-refractivity contribution in [1.29, 1.82) is 0 Å². The van der Waals surface area contributed by atoms with Crippen molar-refractivity contribution in [1.82, 2.24) is 4.98 Å². The number of halogens is 2. The fraction of sp³-hybridized carbons (Fsp3) is 0. The van der Waals surface area contributed by atoms with E-state index in [2.05, 4.69) is 80.3 Å². The molecule has 1 heterocycles. The highest BCUT2D eigenvalue weighted by Gasteiger charge is 2.06. The molecular formula is C15H9BrINS. The van der Waals surface area contributed by atoms with E-state index in [0.29, 0.717) is 0 Å². The van der Waals surface area contributed by atoms with Gasteiger partial charge < -0.3 is 0 Å². The topological polar surface area (TPSA) is 12.9 Å². The molecule has 3 rings (SSSR count). The van der Waals surface area contributed by atoms with Crippen LogP contribution in [0, 0.1) is 3.57 Å². The van der Waals surface area contributed by atoms with E-state index in [4.69, 9.17) is 4.98 Å². The second-order valence-corrected chi connectivity index (χ2v) is 7.07. The highest BCUT2D eigenvalue weighted by Crippen LogP contribution is 2.30. The van der Waals surface area contributed by atoms with Gasteiger partial charge in [0.25, 0.3) is 0 Å². The van der Waals surface area contributed by atoms with E-state index in [-0.39, 0.29) is 0 Å². The Kier molecular flexibility index (Phi) is 4.00. The SMILES string of the molecule is Brc1cccc(-c2nc(-c3ccc(I)cc3)cs2)c1. The zero-order valence-corrected chi connectivity index (χ0v) is 14.4. The van der Waals surface area contributed by atoms with Gasteiger partial charge in [-0.1, -0.05) is 40.2 Å². The minimum Gasteiger partial charge on any atom is -0.236 e. The lowest BCUT2D eigenvalue weighted by molar-refractivity contribution is 1.40. The first kappa shape index (κ1) is 13.3. The number of rotatable bonds is 2. The Labute approximate surface area is 138 Å². The average molecular weight is 442 g/mol. The van der Waals surface area contributed by atoms with Crippen LogP contribution in [-0.4, -0.2) is 4.98 Å². The summed E-state index contributed by atoms with van der Waals surface area (Å²) < 4.78 is 2.32. The summed E-state index contributed by atoms with van der Waals surface area (Å²) >= 11 is 7.48. The van der Waals surface area contributed by atoms with Crippen molar-refractivity contribution in [2.24, 2.45) is 0 Å². The highest BCUT2D eigenvalue weighted by atomic mass is 127. The number of hydrogen-bond acceptors (Lipinski definition) is 2. The summed E-state index contributed by atoms with van der Waals surface area (Å²) in [6.45, 7) is 0. The van der Waals surface area contributed by atoms with Gasteiger partial charge in [0.2, 0.25) is 0 Å². The largest absolute Gasteiger partial charge is 0.236 e. The lowest BCUT2D eigenvalue weighted by Gasteiger charge is -1.98. The van der Waals surface area contributed by atoms with E-state index in [1.165, 1.54) is 3.57 Å². The van der Waals surface area contributed by atoms with Crippen LogP contribution in [0.1, 0.15) is 0 Å². The van der Waals surface area contributed by atoms with Crippen LogP contribution in [0.2, 0.25) is 0 Å². The Morgan fingerprint density at radius 2 is 1.79 bits per heavy atom. The molecular weight excluding hydrogens is 433 g/mol. The Balaban J connectivity index is 1.97. The Morgan fingerprint density at radius 1 is 1.00 bits per heavy atom. The van der Waals surface area contributed by atoms with Gasteiger partial charge in [-0.05, 0) is 46.9 Å². The quantitative estimate of drug-likeness (QED) is 0.455. The summed E-state index contributed by atoms with van der Waals surface area (Å²) in [6.07, 6.45) is 0. The monoisotopic (exact) mass is 441 g/mol. The standard InChI is InChI=1S/C15H9BrINS/c16-12-3-1-2-11(8-12)15-18-14(9-19-15)10-4-6-13(17)7-5-10/h1-9H. The third-order valence-electron chi connectivity index (χ3n) is 2.72.